The molecule has 0 aromatic heterocycles. The molecule has 0 aliphatic rings. The second kappa shape index (κ2) is 9.36. The minimum atomic E-state index is -3.75. The van der Waals surface area contributed by atoms with Gasteiger partial charge in [-0.3, -0.25) is 5.32 Å². The number of methoxy groups -OCH3 is 3. The van der Waals surface area contributed by atoms with Gasteiger partial charge < -0.3 is 14.2 Å². The number of nitrogens with one attached hydrogen (secondary N) is 2. The summed E-state index contributed by atoms with van der Waals surface area (Å²) in [6.45, 7) is 0.0498. The minimum absolute atomic E-state index is 0.0498. The third-order valence-electron chi connectivity index (χ3n) is 3.81. The Labute approximate surface area is 158 Å². The molecule has 8 nitrogen and oxygen atoms in total. The van der Waals surface area contributed by atoms with Crippen LogP contribution in [-0.4, -0.2) is 42.4 Å². The number of sulfonamides is 1. The Hall–Kier alpha value is -2.62. The summed E-state index contributed by atoms with van der Waals surface area (Å²) in [5.41, 5.74) is 1.21. The van der Waals surface area contributed by atoms with Crippen LogP contribution in [-0.2, 0) is 19.5 Å². The van der Waals surface area contributed by atoms with Gasteiger partial charge >= 0.3 is 6.09 Å². The first kappa shape index (κ1) is 20.7. The summed E-state index contributed by atoms with van der Waals surface area (Å²) in [6.07, 6.45) is -1.11. The van der Waals surface area contributed by atoms with E-state index < -0.39 is 22.2 Å². The maximum absolute atomic E-state index is 12.5. The number of rotatable bonds is 8. The molecule has 0 spiro atoms. The molecule has 0 aliphatic carbocycles. The van der Waals surface area contributed by atoms with E-state index in [-0.39, 0.29) is 11.4 Å². The number of ether oxygens (including phenoxy) is 3. The molecule has 0 radical (unpaired) electrons. The molecule has 1 unspecified atom stereocenters. The normalized spacial score (nSPS) is 12.3. The summed E-state index contributed by atoms with van der Waals surface area (Å²) < 4.78 is 42.6. The fourth-order valence-electron chi connectivity index (χ4n) is 2.33. The number of amides is 1. The molecule has 9 heteroatoms. The van der Waals surface area contributed by atoms with E-state index in [1.807, 2.05) is 12.1 Å². The summed E-state index contributed by atoms with van der Waals surface area (Å²) in [6, 6.07) is 12.9. The van der Waals surface area contributed by atoms with E-state index in [1.54, 1.807) is 19.2 Å². The first-order valence-corrected chi connectivity index (χ1v) is 9.49. The number of hydrogen-bond donors (Lipinski definition) is 2. The first-order valence-electron chi connectivity index (χ1n) is 8.01. The molecule has 2 N–H and O–H groups in total. The molecule has 146 valence electrons. The van der Waals surface area contributed by atoms with Gasteiger partial charge in [-0.05, 0) is 42.0 Å². The van der Waals surface area contributed by atoms with Crippen LogP contribution in [0.2, 0.25) is 0 Å². The molecule has 0 saturated heterocycles. The highest BCUT2D eigenvalue weighted by Crippen LogP contribution is 2.22. The average Bonchev–Trinajstić information content (AvgIpc) is 2.69. The lowest BCUT2D eigenvalue weighted by molar-refractivity contribution is 0.107. The topological polar surface area (TPSA) is 103 Å². The molecular weight excluding hydrogens is 372 g/mol. The first-order chi connectivity index (χ1) is 12.9. The fraction of sp³-hybridized carbons (Fsp3) is 0.278. The SMILES string of the molecule is COC(=O)Nc1ccc(S(=O)(=O)NCC(OC)c2cccc(OC)c2)cc1. The lowest BCUT2D eigenvalue weighted by atomic mass is 10.1. The molecule has 0 saturated carbocycles. The van der Waals surface area contributed by atoms with E-state index >= 15 is 0 Å². The maximum Gasteiger partial charge on any atom is 0.411 e. The number of carbonyl (C=O) groups excluding carboxylic acids is 1. The van der Waals surface area contributed by atoms with E-state index in [0.717, 1.165) is 5.56 Å². The predicted molar refractivity (Wildman–Crippen MR) is 100 cm³/mol. The number of carbonyl (C=O) groups is 1. The third-order valence-corrected chi connectivity index (χ3v) is 5.24. The van der Waals surface area contributed by atoms with Crippen LogP contribution < -0.4 is 14.8 Å². The van der Waals surface area contributed by atoms with E-state index in [9.17, 15) is 13.2 Å². The zero-order valence-electron chi connectivity index (χ0n) is 15.3. The van der Waals surface area contributed by atoms with Gasteiger partial charge in [-0.1, -0.05) is 12.1 Å². The van der Waals surface area contributed by atoms with Gasteiger partial charge in [0.05, 0.1) is 25.2 Å². The highest BCUT2D eigenvalue weighted by Gasteiger charge is 2.18. The molecule has 1 atom stereocenters. The van der Waals surface area contributed by atoms with Gasteiger partial charge in [0.2, 0.25) is 10.0 Å². The third kappa shape index (κ3) is 5.68. The van der Waals surface area contributed by atoms with Crippen LogP contribution in [0.5, 0.6) is 5.75 Å². The van der Waals surface area contributed by atoms with Gasteiger partial charge in [0.15, 0.2) is 0 Å². The number of hydrogen-bond acceptors (Lipinski definition) is 6. The molecule has 1 amide bonds. The summed E-state index contributed by atoms with van der Waals surface area (Å²) in [7, 11) is 0.561. The smallest absolute Gasteiger partial charge is 0.411 e. The van der Waals surface area contributed by atoms with Crippen LogP contribution in [0, 0.1) is 0 Å². The van der Waals surface area contributed by atoms with Gasteiger partial charge in [0.25, 0.3) is 0 Å². The average molecular weight is 394 g/mol. The van der Waals surface area contributed by atoms with Crippen molar-refractivity contribution in [2.24, 2.45) is 0 Å². The summed E-state index contributed by atoms with van der Waals surface area (Å²) in [4.78, 5) is 11.2. The van der Waals surface area contributed by atoms with Crippen LogP contribution in [0.3, 0.4) is 0 Å². The molecule has 0 heterocycles. The zero-order chi connectivity index (χ0) is 19.9. The van der Waals surface area contributed by atoms with Crippen LogP contribution in [0.15, 0.2) is 53.4 Å². The minimum Gasteiger partial charge on any atom is -0.497 e. The van der Waals surface area contributed by atoms with Crippen molar-refractivity contribution in [1.82, 2.24) is 4.72 Å². The molecule has 27 heavy (non-hydrogen) atoms. The molecule has 2 rings (SSSR count). The van der Waals surface area contributed by atoms with Crippen molar-refractivity contribution in [3.05, 3.63) is 54.1 Å². The molecular formula is C18H22N2O6S. The Morgan fingerprint density at radius 2 is 1.78 bits per heavy atom. The summed E-state index contributed by atoms with van der Waals surface area (Å²) in [5, 5.41) is 2.45. The number of anilines is 1. The lowest BCUT2D eigenvalue weighted by Crippen LogP contribution is -2.29. The van der Waals surface area contributed by atoms with Crippen LogP contribution in [0.4, 0.5) is 10.5 Å². The Morgan fingerprint density at radius 3 is 2.37 bits per heavy atom. The summed E-state index contributed by atoms with van der Waals surface area (Å²) >= 11 is 0. The second-order valence-electron chi connectivity index (χ2n) is 5.49. The van der Waals surface area contributed by atoms with E-state index in [0.29, 0.717) is 11.4 Å². The van der Waals surface area contributed by atoms with Gasteiger partial charge in [0.1, 0.15) is 5.75 Å². The monoisotopic (exact) mass is 394 g/mol. The highest BCUT2D eigenvalue weighted by molar-refractivity contribution is 7.89. The van der Waals surface area contributed by atoms with Crippen molar-refractivity contribution in [3.63, 3.8) is 0 Å². The lowest BCUT2D eigenvalue weighted by Gasteiger charge is -2.17. The van der Waals surface area contributed by atoms with Crippen LogP contribution in [0.25, 0.3) is 0 Å². The van der Waals surface area contributed by atoms with Crippen molar-refractivity contribution in [2.45, 2.75) is 11.0 Å². The molecule has 0 fully saturated rings. The van der Waals surface area contributed by atoms with Gasteiger partial charge in [0, 0.05) is 19.3 Å². The fourth-order valence-corrected chi connectivity index (χ4v) is 3.37. The van der Waals surface area contributed by atoms with Gasteiger partial charge in [-0.2, -0.15) is 0 Å². The van der Waals surface area contributed by atoms with Crippen molar-refractivity contribution in [2.75, 3.05) is 33.2 Å². The Kier molecular flexibility index (Phi) is 7.17. The number of benzene rings is 2. The second-order valence-corrected chi connectivity index (χ2v) is 7.26. The van der Waals surface area contributed by atoms with Crippen molar-refractivity contribution in [1.29, 1.82) is 0 Å². The highest BCUT2D eigenvalue weighted by atomic mass is 32.2. The van der Waals surface area contributed by atoms with Gasteiger partial charge in [-0.15, -0.1) is 0 Å². The summed E-state index contributed by atoms with van der Waals surface area (Å²) in [5.74, 6) is 0.658. The van der Waals surface area contributed by atoms with Crippen LogP contribution in [0.1, 0.15) is 11.7 Å². The molecule has 0 aliphatic heterocycles. The predicted octanol–water partition coefficient (Wildman–Crippen LogP) is 2.54. The Morgan fingerprint density at radius 1 is 1.07 bits per heavy atom. The van der Waals surface area contributed by atoms with Crippen molar-refractivity contribution in [3.8, 4) is 5.75 Å². The Balaban J connectivity index is 2.07. The van der Waals surface area contributed by atoms with E-state index in [1.165, 1.54) is 38.5 Å². The van der Waals surface area contributed by atoms with E-state index in [2.05, 4.69) is 14.8 Å². The quantitative estimate of drug-likeness (QED) is 0.713. The maximum atomic E-state index is 12.5. The van der Waals surface area contributed by atoms with E-state index in [4.69, 9.17) is 9.47 Å². The van der Waals surface area contributed by atoms with Gasteiger partial charge in [-0.25, -0.2) is 17.9 Å². The standard InChI is InChI=1S/C18H22N2O6S/c1-24-15-6-4-5-13(11-15)17(25-2)12-19-27(22,23)16-9-7-14(8-10-16)20-18(21)26-3/h4-11,17,19H,12H2,1-3H3,(H,20,21). The van der Waals surface area contributed by atoms with Crippen molar-refractivity contribution < 1.29 is 27.4 Å². The largest absolute Gasteiger partial charge is 0.497 e. The Bertz CT molecular complexity index is 868. The zero-order valence-corrected chi connectivity index (χ0v) is 16.1. The molecule has 2 aromatic carbocycles. The van der Waals surface area contributed by atoms with Crippen LogP contribution >= 0.6 is 0 Å². The van der Waals surface area contributed by atoms with Crippen molar-refractivity contribution >= 4 is 21.8 Å². The molecule has 2 aromatic rings. The molecule has 0 bridgehead atoms.